The molecule has 0 fully saturated rings. The lowest BCUT2D eigenvalue weighted by atomic mass is 10.1. The van der Waals surface area contributed by atoms with Crippen molar-refractivity contribution in [3.05, 3.63) is 29.3 Å². The maximum atomic E-state index is 11.9. The van der Waals surface area contributed by atoms with E-state index in [0.29, 0.717) is 18.2 Å². The molecule has 0 aromatic heterocycles. The van der Waals surface area contributed by atoms with Crippen LogP contribution in [0.5, 0.6) is 5.75 Å². The van der Waals surface area contributed by atoms with Gasteiger partial charge in [0.05, 0.1) is 6.61 Å². The zero-order chi connectivity index (χ0) is 15.9. The Labute approximate surface area is 123 Å². The van der Waals surface area contributed by atoms with E-state index in [1.54, 1.807) is 6.07 Å². The smallest absolute Gasteiger partial charge is 0.491 e. The maximum Gasteiger partial charge on any atom is 0.522 e. The zero-order valence-electron chi connectivity index (χ0n) is 12.6. The second kappa shape index (κ2) is 8.24. The first-order chi connectivity index (χ1) is 9.78. The van der Waals surface area contributed by atoms with Crippen LogP contribution < -0.4 is 10.1 Å². The standard InChI is InChI=1S/C15H22F3NO2/c1-11(2)9-19-10-13-8-12(3)4-5-14(13)20-6-7-21-15(16,17)18/h4-5,8,11,19H,6-7,9-10H2,1-3H3. The van der Waals surface area contributed by atoms with E-state index in [2.05, 4.69) is 23.9 Å². The Morgan fingerprint density at radius 1 is 1.19 bits per heavy atom. The summed E-state index contributed by atoms with van der Waals surface area (Å²) in [4.78, 5) is 0. The fraction of sp³-hybridized carbons (Fsp3) is 0.600. The van der Waals surface area contributed by atoms with Crippen molar-refractivity contribution in [2.75, 3.05) is 19.8 Å². The van der Waals surface area contributed by atoms with Crippen molar-refractivity contribution in [1.82, 2.24) is 5.32 Å². The van der Waals surface area contributed by atoms with Gasteiger partial charge >= 0.3 is 6.36 Å². The third kappa shape index (κ3) is 7.92. The highest BCUT2D eigenvalue weighted by Gasteiger charge is 2.28. The molecule has 120 valence electrons. The minimum absolute atomic E-state index is 0.139. The van der Waals surface area contributed by atoms with Crippen LogP contribution >= 0.6 is 0 Å². The number of nitrogens with one attached hydrogen (secondary N) is 1. The molecule has 0 aliphatic rings. The van der Waals surface area contributed by atoms with Crippen LogP contribution in [0.25, 0.3) is 0 Å². The van der Waals surface area contributed by atoms with Crippen LogP contribution in [-0.4, -0.2) is 26.1 Å². The Bertz CT molecular complexity index is 433. The van der Waals surface area contributed by atoms with Crippen molar-refractivity contribution in [3.63, 3.8) is 0 Å². The minimum atomic E-state index is -4.61. The number of aryl methyl sites for hydroxylation is 1. The van der Waals surface area contributed by atoms with Crippen LogP contribution in [0, 0.1) is 12.8 Å². The highest BCUT2D eigenvalue weighted by Crippen LogP contribution is 2.21. The number of hydrogen-bond donors (Lipinski definition) is 1. The normalized spacial score (nSPS) is 12.0. The van der Waals surface area contributed by atoms with Crippen molar-refractivity contribution >= 4 is 0 Å². The van der Waals surface area contributed by atoms with Crippen LogP contribution in [0.15, 0.2) is 18.2 Å². The van der Waals surface area contributed by atoms with Gasteiger partial charge in [-0.1, -0.05) is 31.5 Å². The summed E-state index contributed by atoms with van der Waals surface area (Å²) >= 11 is 0. The Kier molecular flexibility index (Phi) is 6.98. The molecule has 0 saturated carbocycles. The Morgan fingerprint density at radius 3 is 2.52 bits per heavy atom. The largest absolute Gasteiger partial charge is 0.522 e. The second-order valence-electron chi connectivity index (χ2n) is 5.28. The summed E-state index contributed by atoms with van der Waals surface area (Å²) in [7, 11) is 0. The molecule has 6 heteroatoms. The fourth-order valence-electron chi connectivity index (χ4n) is 1.79. The number of benzene rings is 1. The molecule has 0 aliphatic heterocycles. The van der Waals surface area contributed by atoms with Gasteiger partial charge < -0.3 is 10.1 Å². The molecule has 0 atom stereocenters. The summed E-state index contributed by atoms with van der Waals surface area (Å²) in [6.45, 7) is 7.00. The van der Waals surface area contributed by atoms with Gasteiger partial charge in [0.1, 0.15) is 12.4 Å². The topological polar surface area (TPSA) is 30.5 Å². The van der Waals surface area contributed by atoms with Gasteiger partial charge in [0.15, 0.2) is 0 Å². The lowest BCUT2D eigenvalue weighted by Gasteiger charge is -2.14. The highest BCUT2D eigenvalue weighted by molar-refractivity contribution is 5.36. The first-order valence-corrected chi connectivity index (χ1v) is 6.91. The molecule has 0 heterocycles. The van der Waals surface area contributed by atoms with E-state index in [1.165, 1.54) is 0 Å². The van der Waals surface area contributed by atoms with Crippen LogP contribution in [-0.2, 0) is 11.3 Å². The molecule has 1 aromatic rings. The molecule has 0 spiro atoms. The quantitative estimate of drug-likeness (QED) is 0.744. The Hall–Kier alpha value is -1.27. The number of halogens is 3. The number of alkyl halides is 3. The van der Waals surface area contributed by atoms with E-state index in [0.717, 1.165) is 17.7 Å². The van der Waals surface area contributed by atoms with Crippen LogP contribution in [0.1, 0.15) is 25.0 Å². The van der Waals surface area contributed by atoms with Crippen LogP contribution in [0.3, 0.4) is 0 Å². The third-order valence-electron chi connectivity index (χ3n) is 2.69. The lowest BCUT2D eigenvalue weighted by Crippen LogP contribution is -2.20. The molecule has 0 bridgehead atoms. The van der Waals surface area contributed by atoms with E-state index >= 15 is 0 Å². The first kappa shape index (κ1) is 17.8. The van der Waals surface area contributed by atoms with E-state index < -0.39 is 13.0 Å². The molecule has 21 heavy (non-hydrogen) atoms. The van der Waals surface area contributed by atoms with Crippen molar-refractivity contribution in [1.29, 1.82) is 0 Å². The molecule has 1 rings (SSSR count). The van der Waals surface area contributed by atoms with E-state index in [9.17, 15) is 13.2 Å². The molecule has 0 unspecified atom stereocenters. The zero-order valence-corrected chi connectivity index (χ0v) is 12.6. The van der Waals surface area contributed by atoms with Gasteiger partial charge in [0.2, 0.25) is 0 Å². The highest BCUT2D eigenvalue weighted by atomic mass is 19.4. The molecule has 0 amide bonds. The molecule has 0 saturated heterocycles. The van der Waals surface area contributed by atoms with Crippen LogP contribution in [0.4, 0.5) is 13.2 Å². The summed E-state index contributed by atoms with van der Waals surface area (Å²) in [5, 5.41) is 3.29. The summed E-state index contributed by atoms with van der Waals surface area (Å²) in [6.07, 6.45) is -4.61. The van der Waals surface area contributed by atoms with Gasteiger partial charge in [-0.05, 0) is 25.5 Å². The SMILES string of the molecule is Cc1ccc(OCCOC(F)(F)F)c(CNCC(C)C)c1. The average molecular weight is 305 g/mol. The third-order valence-corrected chi connectivity index (χ3v) is 2.69. The first-order valence-electron chi connectivity index (χ1n) is 6.91. The van der Waals surface area contributed by atoms with Crippen molar-refractivity contribution in [2.45, 2.75) is 33.7 Å². The molecule has 0 radical (unpaired) electrons. The average Bonchev–Trinajstić information content (AvgIpc) is 2.35. The number of rotatable bonds is 8. The van der Waals surface area contributed by atoms with Gasteiger partial charge in [0, 0.05) is 12.1 Å². The van der Waals surface area contributed by atoms with Gasteiger partial charge in [-0.2, -0.15) is 0 Å². The van der Waals surface area contributed by atoms with E-state index in [-0.39, 0.29) is 6.61 Å². The molecule has 1 aromatic carbocycles. The molecular weight excluding hydrogens is 283 g/mol. The molecule has 3 nitrogen and oxygen atoms in total. The van der Waals surface area contributed by atoms with Crippen LogP contribution in [0.2, 0.25) is 0 Å². The lowest BCUT2D eigenvalue weighted by molar-refractivity contribution is -0.325. The number of hydrogen-bond acceptors (Lipinski definition) is 3. The Balaban J connectivity index is 2.52. The summed E-state index contributed by atoms with van der Waals surface area (Å²) in [6, 6.07) is 5.61. The summed E-state index contributed by atoms with van der Waals surface area (Å²) in [5.74, 6) is 1.11. The monoisotopic (exact) mass is 305 g/mol. The summed E-state index contributed by atoms with van der Waals surface area (Å²) < 4.78 is 44.7. The fourth-order valence-corrected chi connectivity index (χ4v) is 1.79. The predicted octanol–water partition coefficient (Wildman–Crippen LogP) is 3.66. The summed E-state index contributed by atoms with van der Waals surface area (Å²) in [5.41, 5.74) is 2.01. The van der Waals surface area contributed by atoms with Crippen molar-refractivity contribution < 1.29 is 22.6 Å². The second-order valence-corrected chi connectivity index (χ2v) is 5.28. The molecule has 1 N–H and O–H groups in total. The van der Waals surface area contributed by atoms with Crippen molar-refractivity contribution in [3.8, 4) is 5.75 Å². The van der Waals surface area contributed by atoms with Gasteiger partial charge in [-0.25, -0.2) is 0 Å². The maximum absolute atomic E-state index is 11.9. The van der Waals surface area contributed by atoms with Gasteiger partial charge in [0.25, 0.3) is 0 Å². The molecule has 0 aliphatic carbocycles. The van der Waals surface area contributed by atoms with Gasteiger partial charge in [-0.3, -0.25) is 4.74 Å². The van der Waals surface area contributed by atoms with Gasteiger partial charge in [-0.15, -0.1) is 13.2 Å². The Morgan fingerprint density at radius 2 is 1.90 bits per heavy atom. The van der Waals surface area contributed by atoms with E-state index in [4.69, 9.17) is 4.74 Å². The minimum Gasteiger partial charge on any atom is -0.491 e. The van der Waals surface area contributed by atoms with Crippen molar-refractivity contribution in [2.24, 2.45) is 5.92 Å². The molecular formula is C15H22F3NO2. The number of ether oxygens (including phenoxy) is 2. The van der Waals surface area contributed by atoms with E-state index in [1.807, 2.05) is 19.1 Å². The predicted molar refractivity (Wildman–Crippen MR) is 75.2 cm³/mol.